The number of piperidine rings is 2. The van der Waals surface area contributed by atoms with Crippen molar-refractivity contribution in [3.05, 3.63) is 17.6 Å². The predicted molar refractivity (Wildman–Crippen MR) is 113 cm³/mol. The van der Waals surface area contributed by atoms with Crippen molar-refractivity contribution in [1.82, 2.24) is 19.8 Å². The lowest BCUT2D eigenvalue weighted by Gasteiger charge is -2.43. The van der Waals surface area contributed by atoms with Crippen LogP contribution in [-0.4, -0.2) is 84.2 Å². The van der Waals surface area contributed by atoms with Crippen LogP contribution in [0.3, 0.4) is 0 Å². The van der Waals surface area contributed by atoms with Crippen LogP contribution >= 0.6 is 0 Å². The summed E-state index contributed by atoms with van der Waals surface area (Å²) >= 11 is 0. The van der Waals surface area contributed by atoms with Crippen molar-refractivity contribution in [3.63, 3.8) is 0 Å². The first-order valence-electron chi connectivity index (χ1n) is 11.3. The second kappa shape index (κ2) is 9.39. The molecule has 3 fully saturated rings. The molecule has 1 aromatic heterocycles. The molecule has 0 N–H and O–H groups in total. The van der Waals surface area contributed by atoms with Crippen LogP contribution < -0.4 is 4.90 Å². The Hall–Kier alpha value is -1.73. The van der Waals surface area contributed by atoms with E-state index >= 15 is 0 Å². The molecule has 7 heteroatoms. The number of ether oxygens (including phenoxy) is 1. The van der Waals surface area contributed by atoms with E-state index < -0.39 is 0 Å². The average molecular weight is 402 g/mol. The Morgan fingerprint density at radius 2 is 1.86 bits per heavy atom. The maximum Gasteiger partial charge on any atom is 0.227 e. The number of aryl methyl sites for hydroxylation is 2. The van der Waals surface area contributed by atoms with Crippen LogP contribution in [0.5, 0.6) is 0 Å². The number of carbonyl (C=O) groups excluding carboxylic acids is 1. The number of nitrogens with zero attached hydrogens (tertiary/aromatic N) is 5. The van der Waals surface area contributed by atoms with E-state index in [2.05, 4.69) is 34.7 Å². The zero-order valence-electron chi connectivity index (χ0n) is 18.0. The third-order valence-electron chi connectivity index (χ3n) is 6.63. The Labute approximate surface area is 174 Å². The highest BCUT2D eigenvalue weighted by Crippen LogP contribution is 2.27. The number of hydrogen-bond donors (Lipinski definition) is 0. The van der Waals surface area contributed by atoms with Crippen LogP contribution in [0.1, 0.15) is 44.1 Å². The smallest absolute Gasteiger partial charge is 0.227 e. The molecule has 1 aromatic rings. The van der Waals surface area contributed by atoms with E-state index in [4.69, 9.17) is 9.72 Å². The van der Waals surface area contributed by atoms with Gasteiger partial charge in [-0.1, -0.05) is 6.92 Å². The van der Waals surface area contributed by atoms with E-state index in [0.717, 1.165) is 88.7 Å². The number of hydrogen-bond acceptors (Lipinski definition) is 6. The molecule has 0 aromatic carbocycles. The molecule has 1 unspecified atom stereocenters. The summed E-state index contributed by atoms with van der Waals surface area (Å²) in [5, 5.41) is 0. The SMILES string of the molecule is CCc1nc(C)cc(N2CCC(N3CCCC(C(=O)N4CCOCC4)C3)CC2)n1. The lowest BCUT2D eigenvalue weighted by molar-refractivity contribution is -0.141. The highest BCUT2D eigenvalue weighted by atomic mass is 16.5. The number of rotatable bonds is 4. The van der Waals surface area contributed by atoms with Gasteiger partial charge in [0.15, 0.2) is 0 Å². The molecule has 3 aliphatic rings. The standard InChI is InChI=1S/C22H35N5O2/c1-3-20-23-17(2)15-21(24-20)25-9-6-19(7-10-25)27-8-4-5-18(16-27)22(28)26-11-13-29-14-12-26/h15,18-19H,3-14,16H2,1-2H3. The van der Waals surface area contributed by atoms with Gasteiger partial charge < -0.3 is 14.5 Å². The summed E-state index contributed by atoms with van der Waals surface area (Å²) in [5.41, 5.74) is 1.05. The minimum Gasteiger partial charge on any atom is -0.378 e. The van der Waals surface area contributed by atoms with Gasteiger partial charge in [0, 0.05) is 56.9 Å². The van der Waals surface area contributed by atoms with E-state index in [-0.39, 0.29) is 5.92 Å². The van der Waals surface area contributed by atoms with Crippen LogP contribution in [0, 0.1) is 12.8 Å². The van der Waals surface area contributed by atoms with Gasteiger partial charge in [-0.15, -0.1) is 0 Å². The summed E-state index contributed by atoms with van der Waals surface area (Å²) in [4.78, 5) is 29.2. The Kier molecular flexibility index (Phi) is 6.65. The predicted octanol–water partition coefficient (Wildman–Crippen LogP) is 1.89. The van der Waals surface area contributed by atoms with Gasteiger partial charge >= 0.3 is 0 Å². The third kappa shape index (κ3) is 4.89. The molecule has 0 bridgehead atoms. The molecule has 7 nitrogen and oxygen atoms in total. The van der Waals surface area contributed by atoms with Crippen molar-refractivity contribution < 1.29 is 9.53 Å². The van der Waals surface area contributed by atoms with Crippen LogP contribution in [0.15, 0.2) is 6.07 Å². The Balaban J connectivity index is 1.32. The summed E-state index contributed by atoms with van der Waals surface area (Å²) in [6, 6.07) is 2.69. The number of amides is 1. The lowest BCUT2D eigenvalue weighted by atomic mass is 9.92. The summed E-state index contributed by atoms with van der Waals surface area (Å²) in [6.07, 6.45) is 5.32. The molecule has 0 saturated carbocycles. The fourth-order valence-corrected chi connectivity index (χ4v) is 4.97. The molecule has 3 aliphatic heterocycles. The molecule has 1 atom stereocenters. The fraction of sp³-hybridized carbons (Fsp3) is 0.773. The first kappa shape index (κ1) is 20.5. The van der Waals surface area contributed by atoms with Crippen molar-refractivity contribution in [1.29, 1.82) is 0 Å². The Morgan fingerprint density at radius 3 is 2.59 bits per heavy atom. The van der Waals surface area contributed by atoms with Gasteiger partial charge in [0.1, 0.15) is 11.6 Å². The molecule has 29 heavy (non-hydrogen) atoms. The molecule has 3 saturated heterocycles. The quantitative estimate of drug-likeness (QED) is 0.768. The molecule has 4 rings (SSSR count). The largest absolute Gasteiger partial charge is 0.378 e. The Bertz CT molecular complexity index is 698. The molecule has 0 radical (unpaired) electrons. The highest BCUT2D eigenvalue weighted by Gasteiger charge is 2.34. The van der Waals surface area contributed by atoms with E-state index in [1.165, 1.54) is 0 Å². The van der Waals surface area contributed by atoms with Crippen molar-refractivity contribution in [2.24, 2.45) is 5.92 Å². The average Bonchev–Trinajstić information content (AvgIpc) is 2.79. The molecular weight excluding hydrogens is 366 g/mol. The van der Waals surface area contributed by atoms with Crippen molar-refractivity contribution in [2.45, 2.75) is 52.0 Å². The van der Waals surface area contributed by atoms with Crippen LogP contribution in [-0.2, 0) is 16.0 Å². The van der Waals surface area contributed by atoms with E-state index in [1.54, 1.807) is 0 Å². The van der Waals surface area contributed by atoms with Crippen LogP contribution in [0.2, 0.25) is 0 Å². The van der Waals surface area contributed by atoms with E-state index in [1.807, 2.05) is 4.90 Å². The summed E-state index contributed by atoms with van der Waals surface area (Å²) in [5.74, 6) is 2.52. The van der Waals surface area contributed by atoms with Gasteiger partial charge in [-0.25, -0.2) is 9.97 Å². The molecule has 4 heterocycles. The van der Waals surface area contributed by atoms with Crippen molar-refractivity contribution in [3.8, 4) is 0 Å². The monoisotopic (exact) mass is 401 g/mol. The first-order valence-corrected chi connectivity index (χ1v) is 11.3. The second-order valence-corrected chi connectivity index (χ2v) is 8.63. The summed E-state index contributed by atoms with van der Waals surface area (Å²) in [6.45, 7) is 11.2. The molecular formula is C22H35N5O2. The zero-order valence-corrected chi connectivity index (χ0v) is 18.0. The van der Waals surface area contributed by atoms with Gasteiger partial charge in [0.25, 0.3) is 0 Å². The molecule has 160 valence electrons. The lowest BCUT2D eigenvalue weighted by Crippen LogP contribution is -2.52. The first-order chi connectivity index (χ1) is 14.1. The van der Waals surface area contributed by atoms with Gasteiger partial charge in [-0.05, 0) is 39.2 Å². The minimum absolute atomic E-state index is 0.163. The Morgan fingerprint density at radius 1 is 1.10 bits per heavy atom. The summed E-state index contributed by atoms with van der Waals surface area (Å²) < 4.78 is 5.40. The number of morpholine rings is 1. The van der Waals surface area contributed by atoms with Crippen molar-refractivity contribution in [2.75, 3.05) is 57.4 Å². The molecule has 0 spiro atoms. The molecule has 0 aliphatic carbocycles. The normalized spacial score (nSPS) is 24.7. The highest BCUT2D eigenvalue weighted by molar-refractivity contribution is 5.79. The van der Waals surface area contributed by atoms with E-state index in [0.29, 0.717) is 25.2 Å². The molecule has 1 amide bonds. The van der Waals surface area contributed by atoms with Gasteiger partial charge in [0.05, 0.1) is 19.1 Å². The third-order valence-corrected chi connectivity index (χ3v) is 6.63. The summed E-state index contributed by atoms with van der Waals surface area (Å²) in [7, 11) is 0. The van der Waals surface area contributed by atoms with Gasteiger partial charge in [-0.3, -0.25) is 9.69 Å². The number of anilines is 1. The van der Waals surface area contributed by atoms with Crippen LogP contribution in [0.4, 0.5) is 5.82 Å². The number of carbonyl (C=O) groups is 1. The van der Waals surface area contributed by atoms with Gasteiger partial charge in [0.2, 0.25) is 5.91 Å². The fourth-order valence-electron chi connectivity index (χ4n) is 4.97. The topological polar surface area (TPSA) is 61.8 Å². The minimum atomic E-state index is 0.163. The van der Waals surface area contributed by atoms with Crippen LogP contribution in [0.25, 0.3) is 0 Å². The van der Waals surface area contributed by atoms with E-state index in [9.17, 15) is 4.79 Å². The number of likely N-dealkylation sites (tertiary alicyclic amines) is 1. The maximum absolute atomic E-state index is 12.9. The second-order valence-electron chi connectivity index (χ2n) is 8.63. The van der Waals surface area contributed by atoms with Gasteiger partial charge in [-0.2, -0.15) is 0 Å². The number of aromatic nitrogens is 2. The zero-order chi connectivity index (χ0) is 20.2. The van der Waals surface area contributed by atoms with Crippen molar-refractivity contribution >= 4 is 11.7 Å². The maximum atomic E-state index is 12.9.